The van der Waals surface area contributed by atoms with Crippen LogP contribution < -0.4 is 0 Å². The Morgan fingerprint density at radius 2 is 1.96 bits per heavy atom. The van der Waals surface area contributed by atoms with Gasteiger partial charge in [-0.3, -0.25) is 5.21 Å². The average molecular weight is 310 g/mol. The topological polar surface area (TPSA) is 62.7 Å². The minimum Gasteiger partial charge on any atom is -0.462 e. The second kappa shape index (κ2) is 6.36. The van der Waals surface area contributed by atoms with Gasteiger partial charge < -0.3 is 9.15 Å². The van der Waals surface area contributed by atoms with Crippen LogP contribution >= 0.6 is 0 Å². The van der Waals surface area contributed by atoms with E-state index in [0.29, 0.717) is 23.6 Å². The highest BCUT2D eigenvalue weighted by Gasteiger charge is 2.13. The van der Waals surface area contributed by atoms with Crippen LogP contribution in [0.1, 0.15) is 23.0 Å². The van der Waals surface area contributed by atoms with Crippen molar-refractivity contribution in [3.8, 4) is 0 Å². The van der Waals surface area contributed by atoms with Crippen LogP contribution in [-0.2, 0) is 4.74 Å². The van der Waals surface area contributed by atoms with E-state index in [1.165, 1.54) is 6.21 Å². The standard InChI is InChI=1S/C18H16NO4/c1-2-22-18(20)13-7-9-15(10-8-13)19(21)12-16-11-14-5-3-4-6-17(14)23-16/h3-12,21H,2H2,1H3/q+1. The Morgan fingerprint density at radius 1 is 1.22 bits per heavy atom. The monoisotopic (exact) mass is 310 g/mol. The molecule has 23 heavy (non-hydrogen) atoms. The maximum absolute atomic E-state index is 11.6. The summed E-state index contributed by atoms with van der Waals surface area (Å²) in [5.41, 5.74) is 1.70. The first-order valence-electron chi connectivity index (χ1n) is 7.26. The van der Waals surface area contributed by atoms with Crippen molar-refractivity contribution >= 4 is 28.8 Å². The predicted molar refractivity (Wildman–Crippen MR) is 85.5 cm³/mol. The van der Waals surface area contributed by atoms with E-state index in [4.69, 9.17) is 9.15 Å². The SMILES string of the molecule is CCOC(=O)c1ccc([N+](O)=Cc2cc3ccccc3o2)cc1. The third kappa shape index (κ3) is 3.23. The number of ether oxygens (including phenoxy) is 1. The molecule has 1 N–H and O–H groups in total. The van der Waals surface area contributed by atoms with Crippen LogP contribution in [0.4, 0.5) is 5.69 Å². The third-order valence-corrected chi connectivity index (χ3v) is 3.34. The van der Waals surface area contributed by atoms with Crippen molar-refractivity contribution < 1.29 is 23.9 Å². The number of carbonyl (C=O) groups is 1. The number of hydrogen-bond donors (Lipinski definition) is 1. The molecule has 0 unspecified atom stereocenters. The van der Waals surface area contributed by atoms with Crippen LogP contribution in [-0.4, -0.2) is 28.7 Å². The average Bonchev–Trinajstić information content (AvgIpc) is 2.97. The van der Waals surface area contributed by atoms with Gasteiger partial charge in [-0.25, -0.2) is 4.79 Å². The molecule has 0 saturated carbocycles. The number of para-hydroxylation sites is 1. The molecule has 3 aromatic rings. The molecule has 0 aliphatic heterocycles. The first kappa shape index (κ1) is 14.8. The maximum Gasteiger partial charge on any atom is 0.338 e. The minimum atomic E-state index is -0.384. The molecule has 0 spiro atoms. The molecule has 0 saturated heterocycles. The van der Waals surface area contributed by atoms with Gasteiger partial charge in [0.25, 0.3) is 11.9 Å². The summed E-state index contributed by atoms with van der Waals surface area (Å²) in [7, 11) is 0. The lowest BCUT2D eigenvalue weighted by molar-refractivity contribution is -0.709. The fraction of sp³-hybridized carbons (Fsp3) is 0.111. The number of esters is 1. The fourth-order valence-electron chi connectivity index (χ4n) is 2.23. The number of rotatable bonds is 4. The van der Waals surface area contributed by atoms with Gasteiger partial charge in [0.15, 0.2) is 5.76 Å². The van der Waals surface area contributed by atoms with Crippen LogP contribution in [0.2, 0.25) is 0 Å². The quantitative estimate of drug-likeness (QED) is 0.262. The lowest BCUT2D eigenvalue weighted by atomic mass is 10.2. The summed E-state index contributed by atoms with van der Waals surface area (Å²) < 4.78 is 11.5. The van der Waals surface area contributed by atoms with Gasteiger partial charge in [-0.15, -0.1) is 0 Å². The Bertz CT molecular complexity index is 829. The molecule has 1 aromatic heterocycles. The molecule has 0 fully saturated rings. The zero-order chi connectivity index (χ0) is 16.2. The number of hydrogen-bond acceptors (Lipinski definition) is 4. The molecule has 0 radical (unpaired) electrons. The van der Waals surface area contributed by atoms with E-state index in [9.17, 15) is 10.0 Å². The Hall–Kier alpha value is -3.08. The molecule has 0 aliphatic rings. The predicted octanol–water partition coefficient (Wildman–Crippen LogP) is 3.76. The number of fused-ring (bicyclic) bond motifs is 1. The molecule has 0 bridgehead atoms. The summed E-state index contributed by atoms with van der Waals surface area (Å²) in [6.45, 7) is 2.08. The van der Waals surface area contributed by atoms with Crippen LogP contribution in [0.3, 0.4) is 0 Å². The van der Waals surface area contributed by atoms with Crippen molar-refractivity contribution in [3.05, 3.63) is 65.9 Å². The smallest absolute Gasteiger partial charge is 0.338 e. The molecule has 5 heteroatoms. The van der Waals surface area contributed by atoms with Gasteiger partial charge in [0.1, 0.15) is 5.58 Å². The second-order valence-corrected chi connectivity index (χ2v) is 4.93. The molecule has 5 nitrogen and oxygen atoms in total. The van der Waals surface area contributed by atoms with Gasteiger partial charge >= 0.3 is 5.97 Å². The Labute approximate surface area is 133 Å². The summed E-state index contributed by atoms with van der Waals surface area (Å²) >= 11 is 0. The lowest BCUT2D eigenvalue weighted by Crippen LogP contribution is -2.05. The first-order valence-corrected chi connectivity index (χ1v) is 7.26. The summed E-state index contributed by atoms with van der Waals surface area (Å²) in [6, 6.07) is 15.9. The van der Waals surface area contributed by atoms with E-state index in [2.05, 4.69) is 0 Å². The molecule has 0 amide bonds. The van der Waals surface area contributed by atoms with Crippen LogP contribution in [0, 0.1) is 0 Å². The molecule has 116 valence electrons. The number of carbonyl (C=O) groups excluding carboxylic acids is 1. The molecule has 1 heterocycles. The van der Waals surface area contributed by atoms with E-state index in [-0.39, 0.29) is 5.97 Å². The van der Waals surface area contributed by atoms with E-state index >= 15 is 0 Å². The summed E-state index contributed by atoms with van der Waals surface area (Å²) in [6.07, 6.45) is 1.47. The van der Waals surface area contributed by atoms with Crippen molar-refractivity contribution in [2.24, 2.45) is 0 Å². The highest BCUT2D eigenvalue weighted by atomic mass is 16.5. The van der Waals surface area contributed by atoms with Crippen molar-refractivity contribution in [1.29, 1.82) is 0 Å². The number of benzene rings is 2. The van der Waals surface area contributed by atoms with Gasteiger partial charge in [-0.1, -0.05) is 18.2 Å². The van der Waals surface area contributed by atoms with Gasteiger partial charge in [0.05, 0.1) is 12.2 Å². The van der Waals surface area contributed by atoms with Gasteiger partial charge in [-0.05, 0) is 31.2 Å². The Kier molecular flexibility index (Phi) is 4.10. The van der Waals surface area contributed by atoms with E-state index in [0.717, 1.165) is 15.7 Å². The van der Waals surface area contributed by atoms with Gasteiger partial charge in [0.2, 0.25) is 0 Å². The summed E-state index contributed by atoms with van der Waals surface area (Å²) in [5.74, 6) is 0.146. The van der Waals surface area contributed by atoms with Gasteiger partial charge in [-0.2, -0.15) is 0 Å². The zero-order valence-electron chi connectivity index (χ0n) is 12.6. The zero-order valence-corrected chi connectivity index (χ0v) is 12.6. The van der Waals surface area contributed by atoms with Crippen molar-refractivity contribution in [2.75, 3.05) is 6.61 Å². The van der Waals surface area contributed by atoms with Crippen molar-refractivity contribution in [3.63, 3.8) is 0 Å². The summed E-state index contributed by atoms with van der Waals surface area (Å²) in [4.78, 5) is 11.6. The molecule has 3 rings (SSSR count). The number of furan rings is 1. The van der Waals surface area contributed by atoms with Crippen LogP contribution in [0.15, 0.2) is 59.0 Å². The molecule has 0 atom stereocenters. The second-order valence-electron chi connectivity index (χ2n) is 4.93. The summed E-state index contributed by atoms with van der Waals surface area (Å²) in [5, 5.41) is 11.1. The molecular formula is C18H16NO4+. The molecular weight excluding hydrogens is 294 g/mol. The highest BCUT2D eigenvalue weighted by molar-refractivity contribution is 5.89. The molecule has 2 aromatic carbocycles. The third-order valence-electron chi connectivity index (χ3n) is 3.34. The Balaban J connectivity index is 1.84. The minimum absolute atomic E-state index is 0.326. The molecule has 0 aliphatic carbocycles. The largest absolute Gasteiger partial charge is 0.462 e. The maximum atomic E-state index is 11.6. The fourth-order valence-corrected chi connectivity index (χ4v) is 2.23. The van der Waals surface area contributed by atoms with Gasteiger partial charge in [0, 0.05) is 22.3 Å². The van der Waals surface area contributed by atoms with Crippen molar-refractivity contribution in [2.45, 2.75) is 6.92 Å². The van der Waals surface area contributed by atoms with Crippen LogP contribution in [0.25, 0.3) is 11.0 Å². The highest BCUT2D eigenvalue weighted by Crippen LogP contribution is 2.18. The van der Waals surface area contributed by atoms with Crippen molar-refractivity contribution in [1.82, 2.24) is 0 Å². The lowest BCUT2D eigenvalue weighted by Gasteiger charge is -2.00. The van der Waals surface area contributed by atoms with E-state index < -0.39 is 0 Å². The van der Waals surface area contributed by atoms with E-state index in [1.54, 1.807) is 31.2 Å². The number of nitrogens with zero attached hydrogens (tertiary/aromatic N) is 1. The van der Waals surface area contributed by atoms with Crippen LogP contribution in [0.5, 0.6) is 0 Å². The Morgan fingerprint density at radius 3 is 2.65 bits per heavy atom. The van der Waals surface area contributed by atoms with E-state index in [1.807, 2.05) is 30.3 Å². The normalized spacial score (nSPS) is 11.6. The first-order chi connectivity index (χ1) is 11.2.